The monoisotopic (exact) mass is 426 g/mol. The molecular formula is C11H20N6O8P2. The Kier molecular flexibility index (Phi) is 6.89. The van der Waals surface area contributed by atoms with Gasteiger partial charge in [-0.1, -0.05) is 0 Å². The fraction of sp³-hybridized carbons (Fsp3) is 0.545. The van der Waals surface area contributed by atoms with Crippen LogP contribution in [0.3, 0.4) is 0 Å². The van der Waals surface area contributed by atoms with Gasteiger partial charge in [0.1, 0.15) is 18.2 Å². The molecular weight excluding hydrogens is 406 g/mol. The van der Waals surface area contributed by atoms with E-state index >= 15 is 0 Å². The molecule has 0 unspecified atom stereocenters. The standard InChI is InChI=1S/C11H20N6O8P2/c12-9-8-10(16-11(13)15-9)17(4-14-8)1-7(2-24-5-26(18,19)20)3-25-6-27(21,22)23/h4,7H,1-3,5-6H2,(H2,18,19,20)(H2,21,22,23)(H4,12,13,15,16). The van der Waals surface area contributed by atoms with Crippen LogP contribution in [0.5, 0.6) is 0 Å². The Morgan fingerprint density at radius 2 is 1.59 bits per heavy atom. The lowest BCUT2D eigenvalue weighted by Crippen LogP contribution is -2.22. The van der Waals surface area contributed by atoms with Gasteiger partial charge in [-0.25, -0.2) is 4.98 Å². The average molecular weight is 426 g/mol. The van der Waals surface area contributed by atoms with Crippen molar-refractivity contribution < 1.29 is 38.2 Å². The summed E-state index contributed by atoms with van der Waals surface area (Å²) in [5.74, 6) is -0.505. The zero-order valence-corrected chi connectivity index (χ0v) is 15.7. The van der Waals surface area contributed by atoms with Gasteiger partial charge >= 0.3 is 15.2 Å². The molecule has 0 aliphatic heterocycles. The van der Waals surface area contributed by atoms with Gasteiger partial charge in [-0.3, -0.25) is 9.13 Å². The van der Waals surface area contributed by atoms with Crippen LogP contribution in [0.1, 0.15) is 0 Å². The minimum atomic E-state index is -4.36. The van der Waals surface area contributed by atoms with Gasteiger partial charge in [-0.2, -0.15) is 9.97 Å². The molecule has 0 fully saturated rings. The smallest absolute Gasteiger partial charge is 0.350 e. The predicted molar refractivity (Wildman–Crippen MR) is 93.4 cm³/mol. The zero-order valence-electron chi connectivity index (χ0n) is 14.0. The number of hydrogen-bond acceptors (Lipinski definition) is 9. The third-order valence-electron chi connectivity index (χ3n) is 3.19. The third kappa shape index (κ3) is 7.13. The van der Waals surface area contributed by atoms with E-state index < -0.39 is 33.8 Å². The molecule has 2 aromatic rings. The molecule has 8 N–H and O–H groups in total. The number of rotatable bonds is 10. The summed E-state index contributed by atoms with van der Waals surface area (Å²) >= 11 is 0. The zero-order chi connectivity index (χ0) is 20.2. The summed E-state index contributed by atoms with van der Waals surface area (Å²) in [5.41, 5.74) is 11.9. The minimum Gasteiger partial charge on any atom is -0.382 e. The average Bonchev–Trinajstić information content (AvgIpc) is 2.87. The topological polar surface area (TPSA) is 229 Å². The number of aromatic nitrogens is 4. The molecule has 0 amide bonds. The SMILES string of the molecule is Nc1nc(N)c2ncn(CC(COCP(=O)(O)O)COCP(=O)(O)O)c2n1. The van der Waals surface area contributed by atoms with Gasteiger partial charge in [-0.05, 0) is 0 Å². The molecule has 0 aromatic carbocycles. The van der Waals surface area contributed by atoms with Crippen molar-refractivity contribution >= 4 is 38.1 Å². The Labute approximate surface area is 152 Å². The fourth-order valence-electron chi connectivity index (χ4n) is 2.23. The molecule has 0 aliphatic rings. The van der Waals surface area contributed by atoms with Crippen molar-refractivity contribution in [2.45, 2.75) is 6.54 Å². The van der Waals surface area contributed by atoms with Crippen LogP contribution in [0.4, 0.5) is 11.8 Å². The molecule has 16 heteroatoms. The Morgan fingerprint density at radius 3 is 2.11 bits per heavy atom. The highest BCUT2D eigenvalue weighted by Crippen LogP contribution is 2.35. The summed E-state index contributed by atoms with van der Waals surface area (Å²) in [6, 6.07) is 0. The van der Waals surface area contributed by atoms with Gasteiger partial charge in [0.15, 0.2) is 11.5 Å². The van der Waals surface area contributed by atoms with E-state index in [9.17, 15) is 9.13 Å². The molecule has 27 heavy (non-hydrogen) atoms. The number of nitrogen functional groups attached to an aromatic ring is 2. The highest BCUT2D eigenvalue weighted by molar-refractivity contribution is 7.51. The second-order valence-corrected chi connectivity index (χ2v) is 8.91. The first-order valence-corrected chi connectivity index (χ1v) is 11.0. The molecule has 0 saturated carbocycles. The van der Waals surface area contributed by atoms with Crippen LogP contribution in [0.15, 0.2) is 6.33 Å². The molecule has 2 aromatic heterocycles. The summed E-state index contributed by atoms with van der Waals surface area (Å²) in [4.78, 5) is 47.4. The predicted octanol–water partition coefficient (Wildman–Crippen LogP) is -1.09. The van der Waals surface area contributed by atoms with Crippen LogP contribution in [0, 0.1) is 5.92 Å². The van der Waals surface area contributed by atoms with Gasteiger partial charge < -0.3 is 45.1 Å². The minimum absolute atomic E-state index is 0.0613. The molecule has 2 heterocycles. The fourth-order valence-corrected chi connectivity index (χ4v) is 2.91. The van der Waals surface area contributed by atoms with Crippen LogP contribution < -0.4 is 11.5 Å². The molecule has 0 radical (unpaired) electrons. The van der Waals surface area contributed by atoms with E-state index in [1.807, 2.05) is 0 Å². The summed E-state index contributed by atoms with van der Waals surface area (Å²) in [7, 11) is -8.72. The number of imidazole rings is 1. The van der Waals surface area contributed by atoms with E-state index in [1.165, 1.54) is 6.33 Å². The number of hydrogen-bond donors (Lipinski definition) is 6. The Morgan fingerprint density at radius 1 is 1.04 bits per heavy atom. The molecule has 0 saturated heterocycles. The van der Waals surface area contributed by atoms with E-state index in [0.717, 1.165) is 0 Å². The first kappa shape index (κ1) is 21.7. The van der Waals surface area contributed by atoms with E-state index in [-0.39, 0.29) is 31.5 Å². The van der Waals surface area contributed by atoms with Crippen molar-refractivity contribution in [1.29, 1.82) is 0 Å². The first-order valence-electron chi connectivity index (χ1n) is 7.43. The lowest BCUT2D eigenvalue weighted by molar-refractivity contribution is 0.0530. The highest BCUT2D eigenvalue weighted by atomic mass is 31.2. The van der Waals surface area contributed by atoms with Gasteiger partial charge in [0.05, 0.1) is 19.5 Å². The van der Waals surface area contributed by atoms with Crippen LogP contribution in [0.25, 0.3) is 11.2 Å². The van der Waals surface area contributed by atoms with Crippen molar-refractivity contribution in [3.63, 3.8) is 0 Å². The second kappa shape index (κ2) is 8.59. The normalized spacial score (nSPS) is 12.9. The van der Waals surface area contributed by atoms with E-state index in [0.29, 0.717) is 11.2 Å². The summed E-state index contributed by atoms with van der Waals surface area (Å²) in [6.07, 6.45) is -0.183. The lowest BCUT2D eigenvalue weighted by atomic mass is 10.2. The molecule has 14 nitrogen and oxygen atoms in total. The van der Waals surface area contributed by atoms with Gasteiger partial charge in [0, 0.05) is 12.5 Å². The lowest BCUT2D eigenvalue weighted by Gasteiger charge is -2.18. The van der Waals surface area contributed by atoms with E-state index in [4.69, 9.17) is 40.5 Å². The largest absolute Gasteiger partial charge is 0.382 e. The van der Waals surface area contributed by atoms with Crippen molar-refractivity contribution in [2.75, 3.05) is 37.4 Å². The van der Waals surface area contributed by atoms with Gasteiger partial charge in [-0.15, -0.1) is 0 Å². The molecule has 0 atom stereocenters. The third-order valence-corrected chi connectivity index (χ3v) is 4.23. The quantitative estimate of drug-likeness (QED) is 0.248. The number of nitrogens with two attached hydrogens (primary N) is 2. The Balaban J connectivity index is 2.12. The van der Waals surface area contributed by atoms with Crippen molar-refractivity contribution in [1.82, 2.24) is 19.5 Å². The van der Waals surface area contributed by atoms with Crippen molar-refractivity contribution in [3.05, 3.63) is 6.33 Å². The molecule has 0 bridgehead atoms. The summed E-state index contributed by atoms with van der Waals surface area (Å²) in [6.45, 7) is -0.154. The molecule has 2 rings (SSSR count). The number of fused-ring (bicyclic) bond motifs is 1. The highest BCUT2D eigenvalue weighted by Gasteiger charge is 2.20. The molecule has 152 valence electrons. The summed E-state index contributed by atoms with van der Waals surface area (Å²) in [5, 5.41) is 0. The maximum absolute atomic E-state index is 10.9. The number of ether oxygens (including phenoxy) is 2. The summed E-state index contributed by atoms with van der Waals surface area (Å²) < 4.78 is 33.3. The Hall–Kier alpha value is -1.63. The van der Waals surface area contributed by atoms with E-state index in [2.05, 4.69) is 15.0 Å². The van der Waals surface area contributed by atoms with Crippen molar-refractivity contribution in [3.8, 4) is 0 Å². The van der Waals surface area contributed by atoms with Gasteiger partial charge in [0.2, 0.25) is 5.95 Å². The molecule has 0 aliphatic carbocycles. The van der Waals surface area contributed by atoms with Gasteiger partial charge in [0.25, 0.3) is 0 Å². The van der Waals surface area contributed by atoms with Crippen LogP contribution in [-0.4, -0.2) is 65.0 Å². The molecule has 0 spiro atoms. The van der Waals surface area contributed by atoms with Crippen molar-refractivity contribution in [2.24, 2.45) is 5.92 Å². The first-order chi connectivity index (χ1) is 12.4. The van der Waals surface area contributed by atoms with Crippen LogP contribution in [-0.2, 0) is 25.1 Å². The Bertz CT molecular complexity index is 851. The van der Waals surface area contributed by atoms with E-state index in [1.54, 1.807) is 4.57 Å². The number of nitrogens with zero attached hydrogens (tertiary/aromatic N) is 4. The second-order valence-electron chi connectivity index (χ2n) is 5.73. The van der Waals surface area contributed by atoms with Crippen LogP contribution in [0.2, 0.25) is 0 Å². The van der Waals surface area contributed by atoms with Crippen LogP contribution >= 0.6 is 15.2 Å². The number of anilines is 2. The maximum Gasteiger partial charge on any atom is 0.350 e. The maximum atomic E-state index is 10.9.